The molecule has 2 nitrogen and oxygen atoms in total. The van der Waals surface area contributed by atoms with Crippen LogP contribution in [0.2, 0.25) is 11.1 Å². The van der Waals surface area contributed by atoms with Crippen LogP contribution in [0.4, 0.5) is 4.11 Å². The van der Waals surface area contributed by atoms with Gasteiger partial charge in [0.1, 0.15) is 0 Å². The normalized spacial score (nSPS) is 19.5. The van der Waals surface area contributed by atoms with Crippen LogP contribution in [0.15, 0.2) is 24.3 Å². The van der Waals surface area contributed by atoms with Crippen molar-refractivity contribution in [1.82, 2.24) is 0 Å². The Labute approximate surface area is 141 Å². The molecule has 1 saturated heterocycles. The van der Waals surface area contributed by atoms with Crippen molar-refractivity contribution in [3.63, 3.8) is 0 Å². The van der Waals surface area contributed by atoms with E-state index in [-0.39, 0.29) is 17.4 Å². The summed E-state index contributed by atoms with van der Waals surface area (Å²) in [6, 6.07) is 8.12. The molecule has 1 unspecified atom stereocenters. The van der Waals surface area contributed by atoms with E-state index in [1.165, 1.54) is 12.0 Å². The Kier molecular flexibility index (Phi) is 6.80. The molecule has 0 spiro atoms. The van der Waals surface area contributed by atoms with E-state index in [9.17, 15) is 0 Å². The molecule has 0 N–H and O–H groups in total. The van der Waals surface area contributed by atoms with Crippen molar-refractivity contribution in [3.8, 4) is 0 Å². The summed E-state index contributed by atoms with van der Waals surface area (Å²) in [6.45, 7) is 9.52. The number of rotatable bonds is 7. The molecule has 0 aliphatic carbocycles. The molecule has 1 atom stereocenters. The Hall–Kier alpha value is -0.713. The fourth-order valence-corrected chi connectivity index (χ4v) is 6.76. The summed E-state index contributed by atoms with van der Waals surface area (Å²) in [5.41, 5.74) is 1.40. The third kappa shape index (κ3) is 4.65. The predicted octanol–water partition coefficient (Wildman–Crippen LogP) is 4.71. The SMILES string of the molecule is CC(C)[Si](F)(c1ccc(CCOC2CCCCO2)cc1)C(C)C. The third-order valence-corrected chi connectivity index (χ3v) is 9.49. The minimum atomic E-state index is -2.91. The minimum absolute atomic E-state index is 0.0317. The van der Waals surface area contributed by atoms with E-state index in [2.05, 4.69) is 12.1 Å². The van der Waals surface area contributed by atoms with Gasteiger partial charge in [-0.15, -0.1) is 0 Å². The van der Waals surface area contributed by atoms with Gasteiger partial charge in [0.15, 0.2) is 6.29 Å². The second-order valence-electron chi connectivity index (χ2n) is 7.19. The third-order valence-electron chi connectivity index (χ3n) is 4.91. The maximum Gasteiger partial charge on any atom is 0.282 e. The first-order valence-electron chi connectivity index (χ1n) is 8.96. The molecule has 1 aromatic rings. The molecule has 4 heteroatoms. The molecule has 1 fully saturated rings. The number of halogens is 1. The lowest BCUT2D eigenvalue weighted by Crippen LogP contribution is -2.49. The van der Waals surface area contributed by atoms with Gasteiger partial charge >= 0.3 is 0 Å². The summed E-state index contributed by atoms with van der Waals surface area (Å²) in [5.74, 6) is 0. The molecular weight excluding hydrogens is 307 g/mol. The van der Waals surface area contributed by atoms with E-state index in [1.54, 1.807) is 0 Å². The molecule has 1 heterocycles. The lowest BCUT2D eigenvalue weighted by Gasteiger charge is -2.30. The van der Waals surface area contributed by atoms with E-state index in [0.717, 1.165) is 31.1 Å². The highest BCUT2D eigenvalue weighted by Crippen LogP contribution is 2.33. The van der Waals surface area contributed by atoms with Crippen molar-refractivity contribution in [2.45, 2.75) is 70.8 Å². The number of hydrogen-bond donors (Lipinski definition) is 0. The maximum absolute atomic E-state index is 15.5. The van der Waals surface area contributed by atoms with Crippen LogP contribution >= 0.6 is 0 Å². The first-order chi connectivity index (χ1) is 10.9. The topological polar surface area (TPSA) is 18.5 Å². The molecule has 1 aliphatic rings. The fraction of sp³-hybridized carbons (Fsp3) is 0.684. The molecule has 0 amide bonds. The van der Waals surface area contributed by atoms with E-state index < -0.39 is 8.41 Å². The zero-order valence-corrected chi connectivity index (χ0v) is 16.0. The molecule has 1 aromatic carbocycles. The van der Waals surface area contributed by atoms with Crippen LogP contribution in [-0.4, -0.2) is 27.9 Å². The lowest BCUT2D eigenvalue weighted by atomic mass is 10.1. The van der Waals surface area contributed by atoms with E-state index >= 15 is 4.11 Å². The molecule has 2 rings (SSSR count). The summed E-state index contributed by atoms with van der Waals surface area (Å²) in [5, 5.41) is 0.919. The van der Waals surface area contributed by atoms with Crippen LogP contribution in [0.1, 0.15) is 52.5 Å². The summed E-state index contributed by atoms with van der Waals surface area (Å²) in [7, 11) is -2.91. The second kappa shape index (κ2) is 8.40. The van der Waals surface area contributed by atoms with Crippen LogP contribution in [0, 0.1) is 0 Å². The van der Waals surface area contributed by atoms with Crippen LogP contribution < -0.4 is 5.19 Å². The van der Waals surface area contributed by atoms with Crippen molar-refractivity contribution in [2.75, 3.05) is 13.2 Å². The Bertz CT molecular complexity index is 459. The largest absolute Gasteiger partial charge is 0.353 e. The van der Waals surface area contributed by atoms with E-state index in [0.29, 0.717) is 6.61 Å². The van der Waals surface area contributed by atoms with Crippen LogP contribution in [0.25, 0.3) is 0 Å². The number of hydrogen-bond acceptors (Lipinski definition) is 2. The predicted molar refractivity (Wildman–Crippen MR) is 96.4 cm³/mol. The average molecular weight is 339 g/mol. The minimum Gasteiger partial charge on any atom is -0.353 e. The van der Waals surface area contributed by atoms with Gasteiger partial charge in [-0.1, -0.05) is 52.0 Å². The van der Waals surface area contributed by atoms with Gasteiger partial charge in [-0.05, 0) is 47.5 Å². The van der Waals surface area contributed by atoms with Gasteiger partial charge < -0.3 is 13.6 Å². The van der Waals surface area contributed by atoms with Crippen molar-refractivity contribution >= 4 is 13.6 Å². The number of benzene rings is 1. The van der Waals surface area contributed by atoms with Gasteiger partial charge in [-0.2, -0.15) is 0 Å². The zero-order valence-electron chi connectivity index (χ0n) is 15.0. The smallest absolute Gasteiger partial charge is 0.282 e. The Morgan fingerprint density at radius 1 is 1.13 bits per heavy atom. The summed E-state index contributed by atoms with van der Waals surface area (Å²) >= 11 is 0. The Balaban J connectivity index is 1.91. The first kappa shape index (κ1) is 18.6. The highest BCUT2D eigenvalue weighted by molar-refractivity contribution is 6.88. The Morgan fingerprint density at radius 3 is 2.30 bits per heavy atom. The number of ether oxygens (including phenoxy) is 2. The molecule has 0 radical (unpaired) electrons. The quantitative estimate of drug-likeness (QED) is 0.529. The lowest BCUT2D eigenvalue weighted by molar-refractivity contribution is -0.161. The van der Waals surface area contributed by atoms with E-state index in [1.807, 2.05) is 39.8 Å². The molecular formula is C19H31FO2Si. The summed E-state index contributed by atoms with van der Waals surface area (Å²) in [4.78, 5) is 0. The summed E-state index contributed by atoms with van der Waals surface area (Å²) < 4.78 is 26.8. The molecule has 0 aromatic heterocycles. The van der Waals surface area contributed by atoms with Crippen molar-refractivity contribution in [1.29, 1.82) is 0 Å². The fourth-order valence-electron chi connectivity index (χ4n) is 3.41. The molecule has 0 bridgehead atoms. The van der Waals surface area contributed by atoms with Crippen molar-refractivity contribution in [2.24, 2.45) is 0 Å². The van der Waals surface area contributed by atoms with Gasteiger partial charge in [-0.25, -0.2) is 0 Å². The van der Waals surface area contributed by atoms with Crippen LogP contribution in [0.5, 0.6) is 0 Å². The second-order valence-corrected chi connectivity index (χ2v) is 11.6. The van der Waals surface area contributed by atoms with Crippen molar-refractivity contribution < 1.29 is 13.6 Å². The van der Waals surface area contributed by atoms with Crippen molar-refractivity contribution in [3.05, 3.63) is 29.8 Å². The molecule has 0 saturated carbocycles. The monoisotopic (exact) mass is 338 g/mol. The zero-order chi connectivity index (χ0) is 16.9. The first-order valence-corrected chi connectivity index (χ1v) is 11.0. The van der Waals surface area contributed by atoms with Gasteiger partial charge in [0.25, 0.3) is 8.41 Å². The van der Waals surface area contributed by atoms with Gasteiger partial charge in [0.05, 0.1) is 6.61 Å². The van der Waals surface area contributed by atoms with Gasteiger partial charge in [0, 0.05) is 6.61 Å². The maximum atomic E-state index is 15.5. The van der Waals surface area contributed by atoms with E-state index in [4.69, 9.17) is 9.47 Å². The molecule has 23 heavy (non-hydrogen) atoms. The van der Waals surface area contributed by atoms with Gasteiger partial charge in [-0.3, -0.25) is 0 Å². The molecule has 1 aliphatic heterocycles. The summed E-state index contributed by atoms with van der Waals surface area (Å²) in [6.07, 6.45) is 4.15. The highest BCUT2D eigenvalue weighted by atomic mass is 28.4. The average Bonchev–Trinajstić information content (AvgIpc) is 2.55. The molecule has 130 valence electrons. The standard InChI is InChI=1S/C19H31FO2Si/c1-15(2)23(20,16(3)4)18-10-8-17(9-11-18)12-14-22-19-7-5-6-13-21-19/h8-11,15-16,19H,5-7,12-14H2,1-4H3. The Morgan fingerprint density at radius 2 is 1.78 bits per heavy atom. The van der Waals surface area contributed by atoms with Crippen LogP contribution in [-0.2, 0) is 15.9 Å². The highest BCUT2D eigenvalue weighted by Gasteiger charge is 2.43. The van der Waals surface area contributed by atoms with Gasteiger partial charge in [0.2, 0.25) is 0 Å². The van der Waals surface area contributed by atoms with Crippen LogP contribution in [0.3, 0.4) is 0 Å².